The molecule has 5 heteroatoms. The topological polar surface area (TPSA) is 58.6 Å². The van der Waals surface area contributed by atoms with E-state index in [1.807, 2.05) is 4.90 Å². The van der Waals surface area contributed by atoms with Crippen LogP contribution < -0.4 is 5.32 Å². The predicted octanol–water partition coefficient (Wildman–Crippen LogP) is 0.152. The molecule has 92 valence electrons. The molecular formula is C11H20N2O3. The second-order valence-electron chi connectivity index (χ2n) is 3.79. The maximum Gasteiger partial charge on any atom is 0.307 e. The standard InChI is InChI=1S/C11H20N2O3/c1-2-16-11(15)5-6-12-7-9-13-8-3-4-10(13)14/h12H,2-9H2,1H3. The van der Waals surface area contributed by atoms with Crippen molar-refractivity contribution in [2.24, 2.45) is 0 Å². The Kier molecular flexibility index (Phi) is 5.85. The average Bonchev–Trinajstić information content (AvgIpc) is 2.64. The van der Waals surface area contributed by atoms with Gasteiger partial charge in [0.05, 0.1) is 13.0 Å². The van der Waals surface area contributed by atoms with Gasteiger partial charge in [-0.1, -0.05) is 0 Å². The molecule has 0 bridgehead atoms. The maximum atomic E-state index is 11.3. The van der Waals surface area contributed by atoms with Crippen molar-refractivity contribution in [1.29, 1.82) is 0 Å². The predicted molar refractivity (Wildman–Crippen MR) is 59.9 cm³/mol. The van der Waals surface area contributed by atoms with Crippen LogP contribution in [-0.2, 0) is 14.3 Å². The highest BCUT2D eigenvalue weighted by atomic mass is 16.5. The third-order valence-electron chi connectivity index (χ3n) is 2.54. The maximum absolute atomic E-state index is 11.3. The Morgan fingerprint density at radius 3 is 2.94 bits per heavy atom. The van der Waals surface area contributed by atoms with E-state index in [1.54, 1.807) is 6.92 Å². The van der Waals surface area contributed by atoms with Crippen molar-refractivity contribution in [3.63, 3.8) is 0 Å². The Labute approximate surface area is 96.1 Å². The van der Waals surface area contributed by atoms with Crippen molar-refractivity contribution in [3.8, 4) is 0 Å². The zero-order valence-corrected chi connectivity index (χ0v) is 9.83. The molecule has 1 heterocycles. The number of hydrogen-bond acceptors (Lipinski definition) is 4. The van der Waals surface area contributed by atoms with E-state index >= 15 is 0 Å². The van der Waals surface area contributed by atoms with Gasteiger partial charge >= 0.3 is 5.97 Å². The molecule has 1 aliphatic rings. The first-order chi connectivity index (χ1) is 7.74. The van der Waals surface area contributed by atoms with E-state index in [1.165, 1.54) is 0 Å². The van der Waals surface area contributed by atoms with E-state index in [-0.39, 0.29) is 11.9 Å². The van der Waals surface area contributed by atoms with Crippen molar-refractivity contribution in [2.75, 3.05) is 32.8 Å². The highest BCUT2D eigenvalue weighted by Gasteiger charge is 2.18. The number of hydrogen-bond donors (Lipinski definition) is 1. The Balaban J connectivity index is 1.95. The summed E-state index contributed by atoms with van der Waals surface area (Å²) in [4.78, 5) is 24.1. The summed E-state index contributed by atoms with van der Waals surface area (Å²) in [6.07, 6.45) is 2.05. The minimum absolute atomic E-state index is 0.174. The van der Waals surface area contributed by atoms with Crippen LogP contribution >= 0.6 is 0 Å². The Morgan fingerprint density at radius 1 is 1.50 bits per heavy atom. The molecule has 0 spiro atoms. The van der Waals surface area contributed by atoms with Crippen LogP contribution in [0.25, 0.3) is 0 Å². The fourth-order valence-electron chi connectivity index (χ4n) is 1.70. The van der Waals surface area contributed by atoms with Gasteiger partial charge in [0.15, 0.2) is 0 Å². The molecular weight excluding hydrogens is 208 g/mol. The first-order valence-corrected chi connectivity index (χ1v) is 5.88. The smallest absolute Gasteiger partial charge is 0.307 e. The first-order valence-electron chi connectivity index (χ1n) is 5.88. The summed E-state index contributed by atoms with van der Waals surface area (Å²) in [5, 5.41) is 3.13. The summed E-state index contributed by atoms with van der Waals surface area (Å²) in [7, 11) is 0. The molecule has 0 aromatic heterocycles. The molecule has 0 unspecified atom stereocenters. The van der Waals surface area contributed by atoms with Gasteiger partial charge in [0.1, 0.15) is 0 Å². The number of nitrogens with zero attached hydrogens (tertiary/aromatic N) is 1. The Bertz CT molecular complexity index is 243. The van der Waals surface area contributed by atoms with E-state index in [4.69, 9.17) is 4.74 Å². The molecule has 0 radical (unpaired) electrons. The van der Waals surface area contributed by atoms with Crippen molar-refractivity contribution in [1.82, 2.24) is 10.2 Å². The van der Waals surface area contributed by atoms with Gasteiger partial charge in [-0.2, -0.15) is 0 Å². The van der Waals surface area contributed by atoms with Crippen LogP contribution in [0.15, 0.2) is 0 Å². The second-order valence-corrected chi connectivity index (χ2v) is 3.79. The van der Waals surface area contributed by atoms with Crippen molar-refractivity contribution < 1.29 is 14.3 Å². The summed E-state index contributed by atoms with van der Waals surface area (Å²) in [5.41, 5.74) is 0. The quantitative estimate of drug-likeness (QED) is 0.498. The van der Waals surface area contributed by atoms with E-state index in [2.05, 4.69) is 5.32 Å². The second kappa shape index (κ2) is 7.22. The summed E-state index contributed by atoms with van der Waals surface area (Å²) in [5.74, 6) is 0.0689. The SMILES string of the molecule is CCOC(=O)CCNCCN1CCCC1=O. The van der Waals surface area contributed by atoms with Gasteiger partial charge in [-0.3, -0.25) is 9.59 Å². The van der Waals surface area contributed by atoms with Gasteiger partial charge < -0.3 is 15.0 Å². The third-order valence-corrected chi connectivity index (χ3v) is 2.54. The lowest BCUT2D eigenvalue weighted by Crippen LogP contribution is -2.33. The van der Waals surface area contributed by atoms with E-state index in [0.717, 1.165) is 26.1 Å². The van der Waals surface area contributed by atoms with Gasteiger partial charge in [0.25, 0.3) is 0 Å². The Hall–Kier alpha value is -1.10. The zero-order valence-electron chi connectivity index (χ0n) is 9.83. The van der Waals surface area contributed by atoms with Crippen LogP contribution in [0.1, 0.15) is 26.2 Å². The van der Waals surface area contributed by atoms with Crippen LogP contribution in [0.3, 0.4) is 0 Å². The lowest BCUT2D eigenvalue weighted by atomic mass is 10.4. The molecule has 1 aliphatic heterocycles. The van der Waals surface area contributed by atoms with E-state index in [9.17, 15) is 9.59 Å². The molecule has 1 N–H and O–H groups in total. The largest absolute Gasteiger partial charge is 0.466 e. The molecule has 0 aliphatic carbocycles. The normalized spacial score (nSPS) is 15.6. The highest BCUT2D eigenvalue weighted by molar-refractivity contribution is 5.78. The molecule has 5 nitrogen and oxygen atoms in total. The lowest BCUT2D eigenvalue weighted by Gasteiger charge is -2.15. The fourth-order valence-corrected chi connectivity index (χ4v) is 1.70. The van der Waals surface area contributed by atoms with Crippen LogP contribution in [0, 0.1) is 0 Å². The van der Waals surface area contributed by atoms with E-state index < -0.39 is 0 Å². The first kappa shape index (κ1) is 13.0. The summed E-state index contributed by atoms with van der Waals surface area (Å²) in [6, 6.07) is 0. The van der Waals surface area contributed by atoms with Crippen LogP contribution in [0.2, 0.25) is 0 Å². The van der Waals surface area contributed by atoms with Crippen molar-refractivity contribution in [2.45, 2.75) is 26.2 Å². The van der Waals surface area contributed by atoms with Gasteiger partial charge in [0.2, 0.25) is 5.91 Å². The number of likely N-dealkylation sites (tertiary alicyclic amines) is 1. The lowest BCUT2D eigenvalue weighted by molar-refractivity contribution is -0.143. The van der Waals surface area contributed by atoms with Gasteiger partial charge in [-0.15, -0.1) is 0 Å². The molecule has 0 aromatic carbocycles. The van der Waals surface area contributed by atoms with Crippen molar-refractivity contribution >= 4 is 11.9 Å². The van der Waals surface area contributed by atoms with Gasteiger partial charge in [0, 0.05) is 32.6 Å². The summed E-state index contributed by atoms with van der Waals surface area (Å²) in [6.45, 7) is 5.19. The third kappa shape index (κ3) is 4.61. The number of carbonyl (C=O) groups is 2. The minimum atomic E-state index is -0.174. The monoisotopic (exact) mass is 228 g/mol. The number of carbonyl (C=O) groups excluding carboxylic acids is 2. The average molecular weight is 228 g/mol. The number of amides is 1. The molecule has 16 heavy (non-hydrogen) atoms. The highest BCUT2D eigenvalue weighted by Crippen LogP contribution is 2.07. The molecule has 1 amide bonds. The molecule has 0 aromatic rings. The van der Waals surface area contributed by atoms with Crippen LogP contribution in [0.4, 0.5) is 0 Å². The molecule has 0 atom stereocenters. The number of nitrogens with one attached hydrogen (secondary N) is 1. The molecule has 1 saturated heterocycles. The number of rotatable bonds is 7. The van der Waals surface area contributed by atoms with E-state index in [0.29, 0.717) is 26.0 Å². The fraction of sp³-hybridized carbons (Fsp3) is 0.818. The van der Waals surface area contributed by atoms with Gasteiger partial charge in [-0.05, 0) is 13.3 Å². The number of ether oxygens (including phenoxy) is 1. The minimum Gasteiger partial charge on any atom is -0.466 e. The zero-order chi connectivity index (χ0) is 11.8. The number of esters is 1. The van der Waals surface area contributed by atoms with Gasteiger partial charge in [-0.25, -0.2) is 0 Å². The van der Waals surface area contributed by atoms with Crippen LogP contribution in [-0.4, -0.2) is 49.6 Å². The Morgan fingerprint density at radius 2 is 2.31 bits per heavy atom. The van der Waals surface area contributed by atoms with Crippen molar-refractivity contribution in [3.05, 3.63) is 0 Å². The molecule has 0 saturated carbocycles. The molecule has 1 fully saturated rings. The molecule has 1 rings (SSSR count). The summed E-state index contributed by atoms with van der Waals surface area (Å²) < 4.78 is 4.80. The summed E-state index contributed by atoms with van der Waals surface area (Å²) >= 11 is 0. The van der Waals surface area contributed by atoms with Crippen LogP contribution in [0.5, 0.6) is 0 Å².